The molecule has 1 unspecified atom stereocenters. The summed E-state index contributed by atoms with van der Waals surface area (Å²) in [5.74, 6) is 2.02. The third-order valence-electron chi connectivity index (χ3n) is 5.53. The van der Waals surface area contributed by atoms with Crippen molar-refractivity contribution < 1.29 is 19.0 Å². The molecule has 0 aromatic heterocycles. The van der Waals surface area contributed by atoms with Crippen molar-refractivity contribution in [3.63, 3.8) is 0 Å². The maximum Gasteiger partial charge on any atom is 0.192 e. The number of rotatable bonds is 7. The molecule has 4 rings (SSSR count). The number of Topliss-reactive ketones (excluding diaryl/α,β-unsaturated/α-hetero) is 1. The van der Waals surface area contributed by atoms with Gasteiger partial charge in [0.15, 0.2) is 5.78 Å². The van der Waals surface area contributed by atoms with Crippen LogP contribution >= 0.6 is 15.9 Å². The smallest absolute Gasteiger partial charge is 0.192 e. The van der Waals surface area contributed by atoms with Gasteiger partial charge in [-0.2, -0.15) is 0 Å². The molecule has 3 aromatic carbocycles. The van der Waals surface area contributed by atoms with E-state index in [9.17, 15) is 4.79 Å². The predicted molar refractivity (Wildman–Crippen MR) is 125 cm³/mol. The molecule has 1 aliphatic heterocycles. The van der Waals surface area contributed by atoms with Crippen LogP contribution < -0.4 is 9.47 Å². The average molecular weight is 479 g/mol. The zero-order chi connectivity index (χ0) is 21.8. The first-order chi connectivity index (χ1) is 15.1. The summed E-state index contributed by atoms with van der Waals surface area (Å²) in [5.41, 5.74) is 2.46. The number of alkyl halides is 1. The zero-order valence-electron chi connectivity index (χ0n) is 17.4. The van der Waals surface area contributed by atoms with Crippen molar-refractivity contribution >= 4 is 27.5 Å². The highest BCUT2D eigenvalue weighted by Gasteiger charge is 2.44. The molecular formula is C26H23BrO4. The monoisotopic (exact) mass is 478 g/mol. The number of carbonyl (C=O) groups is 1. The minimum atomic E-state index is -0.659. The summed E-state index contributed by atoms with van der Waals surface area (Å²) in [6.07, 6.45) is 0.467. The molecule has 3 aromatic rings. The molecule has 0 bridgehead atoms. The van der Waals surface area contributed by atoms with Gasteiger partial charge >= 0.3 is 0 Å². The topological polar surface area (TPSA) is 44.8 Å². The van der Waals surface area contributed by atoms with E-state index in [0.29, 0.717) is 34.4 Å². The van der Waals surface area contributed by atoms with E-state index >= 15 is 0 Å². The highest BCUT2D eigenvalue weighted by molar-refractivity contribution is 9.09. The highest BCUT2D eigenvalue weighted by Crippen LogP contribution is 2.47. The summed E-state index contributed by atoms with van der Waals surface area (Å²) >= 11 is 3.65. The Kier molecular flexibility index (Phi) is 6.14. The molecule has 0 radical (unpaired) electrons. The minimum Gasteiger partial charge on any atom is -0.497 e. The first-order valence-electron chi connectivity index (χ1n) is 9.97. The summed E-state index contributed by atoms with van der Waals surface area (Å²) in [7, 11) is 3.24. The Morgan fingerprint density at radius 2 is 1.48 bits per heavy atom. The molecule has 0 saturated heterocycles. The predicted octanol–water partition coefficient (Wildman–Crippen LogP) is 6.01. The van der Waals surface area contributed by atoms with Crippen molar-refractivity contribution in [1.82, 2.24) is 0 Å². The van der Waals surface area contributed by atoms with Crippen molar-refractivity contribution in [3.05, 3.63) is 101 Å². The Bertz CT molecular complexity index is 1090. The van der Waals surface area contributed by atoms with Crippen LogP contribution in [0.25, 0.3) is 5.76 Å². The lowest BCUT2D eigenvalue weighted by Crippen LogP contribution is -2.28. The van der Waals surface area contributed by atoms with E-state index in [-0.39, 0.29) is 5.78 Å². The number of ketones is 1. The largest absolute Gasteiger partial charge is 0.497 e. The number of carbonyl (C=O) groups excluding carboxylic acids is 1. The first-order valence-corrected chi connectivity index (χ1v) is 11.1. The fourth-order valence-electron chi connectivity index (χ4n) is 3.79. The Hall–Kier alpha value is -3.05. The third kappa shape index (κ3) is 4.10. The number of hydrogen-bond donors (Lipinski definition) is 0. The lowest BCUT2D eigenvalue weighted by molar-refractivity contribution is 0.0825. The van der Waals surface area contributed by atoms with Crippen molar-refractivity contribution in [2.75, 3.05) is 19.5 Å². The van der Waals surface area contributed by atoms with Gasteiger partial charge in [-0.3, -0.25) is 4.79 Å². The second-order valence-corrected chi connectivity index (χ2v) is 7.93. The fourth-order valence-corrected chi connectivity index (χ4v) is 4.43. The van der Waals surface area contributed by atoms with E-state index in [2.05, 4.69) is 15.9 Å². The van der Waals surface area contributed by atoms with Crippen LogP contribution in [0.1, 0.15) is 27.9 Å². The van der Waals surface area contributed by atoms with Gasteiger partial charge in [-0.05, 0) is 54.1 Å². The van der Waals surface area contributed by atoms with E-state index in [1.807, 2.05) is 54.6 Å². The van der Waals surface area contributed by atoms with Crippen LogP contribution in [-0.4, -0.2) is 25.3 Å². The maximum absolute atomic E-state index is 13.6. The SMILES string of the molecule is COc1ccc(C(=O)C2=C(c3ccc(OC)cc3)OC(CBr)(c3ccccc3)C2)cc1. The van der Waals surface area contributed by atoms with E-state index in [1.165, 1.54) is 0 Å². The second-order valence-electron chi connectivity index (χ2n) is 7.37. The second kappa shape index (κ2) is 8.98. The number of ether oxygens (including phenoxy) is 3. The maximum atomic E-state index is 13.6. The van der Waals surface area contributed by atoms with Gasteiger partial charge in [0, 0.05) is 28.5 Å². The molecule has 4 nitrogen and oxygen atoms in total. The lowest BCUT2D eigenvalue weighted by Gasteiger charge is -2.28. The summed E-state index contributed by atoms with van der Waals surface area (Å²) in [4.78, 5) is 13.6. The molecule has 0 amide bonds. The fraction of sp³-hybridized carbons (Fsp3) is 0.192. The molecule has 0 spiro atoms. The minimum absolute atomic E-state index is 0.0489. The molecule has 0 fully saturated rings. The van der Waals surface area contributed by atoms with Crippen molar-refractivity contribution in [1.29, 1.82) is 0 Å². The summed E-state index contributed by atoms with van der Waals surface area (Å²) in [5, 5.41) is 0.559. The van der Waals surface area contributed by atoms with Gasteiger partial charge in [-0.15, -0.1) is 0 Å². The number of benzene rings is 3. The molecule has 1 heterocycles. The Morgan fingerprint density at radius 3 is 2.03 bits per heavy atom. The van der Waals surface area contributed by atoms with Crippen LogP contribution in [0.4, 0.5) is 0 Å². The first kappa shape index (κ1) is 21.2. The van der Waals surface area contributed by atoms with Gasteiger partial charge in [-0.1, -0.05) is 46.3 Å². The molecule has 0 N–H and O–H groups in total. The quantitative estimate of drug-likeness (QED) is 0.308. The summed E-state index contributed by atoms with van der Waals surface area (Å²) in [6.45, 7) is 0. The van der Waals surface area contributed by atoms with E-state index < -0.39 is 5.60 Å². The summed E-state index contributed by atoms with van der Waals surface area (Å²) < 4.78 is 17.1. The molecule has 1 atom stereocenters. The van der Waals surface area contributed by atoms with Gasteiger partial charge < -0.3 is 14.2 Å². The van der Waals surface area contributed by atoms with E-state index in [1.54, 1.807) is 38.5 Å². The van der Waals surface area contributed by atoms with Gasteiger partial charge in [0.25, 0.3) is 0 Å². The van der Waals surface area contributed by atoms with Crippen LogP contribution in [0, 0.1) is 0 Å². The Balaban J connectivity index is 1.79. The zero-order valence-corrected chi connectivity index (χ0v) is 19.0. The third-order valence-corrected chi connectivity index (χ3v) is 6.43. The van der Waals surface area contributed by atoms with Crippen molar-refractivity contribution in [2.45, 2.75) is 12.0 Å². The van der Waals surface area contributed by atoms with E-state index in [4.69, 9.17) is 14.2 Å². The van der Waals surface area contributed by atoms with Crippen LogP contribution in [0.5, 0.6) is 11.5 Å². The van der Waals surface area contributed by atoms with Crippen molar-refractivity contribution in [2.24, 2.45) is 0 Å². The Labute approximate surface area is 190 Å². The van der Waals surface area contributed by atoms with Crippen LogP contribution in [0.3, 0.4) is 0 Å². The van der Waals surface area contributed by atoms with Crippen molar-refractivity contribution in [3.8, 4) is 11.5 Å². The van der Waals surface area contributed by atoms with Gasteiger partial charge in [-0.25, -0.2) is 0 Å². The highest BCUT2D eigenvalue weighted by atomic mass is 79.9. The lowest BCUT2D eigenvalue weighted by atomic mass is 9.87. The molecular weight excluding hydrogens is 456 g/mol. The number of hydrogen-bond acceptors (Lipinski definition) is 4. The van der Waals surface area contributed by atoms with Gasteiger partial charge in [0.1, 0.15) is 22.9 Å². The van der Waals surface area contributed by atoms with Gasteiger partial charge in [0.2, 0.25) is 0 Å². The number of methoxy groups -OCH3 is 2. The molecule has 158 valence electrons. The number of halogens is 1. The Morgan fingerprint density at radius 1 is 0.903 bits per heavy atom. The normalized spacial score (nSPS) is 17.9. The molecule has 0 saturated carbocycles. The molecule has 5 heteroatoms. The molecule has 1 aliphatic rings. The van der Waals surface area contributed by atoms with Crippen LogP contribution in [0.15, 0.2) is 84.4 Å². The summed E-state index contributed by atoms with van der Waals surface area (Å²) in [6, 6.07) is 24.8. The molecule has 31 heavy (non-hydrogen) atoms. The average Bonchev–Trinajstić information content (AvgIpc) is 3.25. The van der Waals surface area contributed by atoms with Crippen LogP contribution in [0.2, 0.25) is 0 Å². The molecule has 0 aliphatic carbocycles. The van der Waals surface area contributed by atoms with E-state index in [0.717, 1.165) is 16.9 Å². The van der Waals surface area contributed by atoms with Crippen LogP contribution in [-0.2, 0) is 10.3 Å². The van der Waals surface area contributed by atoms with Gasteiger partial charge in [0.05, 0.1) is 14.2 Å². The standard InChI is InChI=1S/C26H23BrO4/c1-29-21-12-8-18(9-13-21)24(28)23-16-26(17-27,20-6-4-3-5-7-20)31-25(23)19-10-14-22(30-2)15-11-19/h3-15H,16-17H2,1-2H3.